The van der Waals surface area contributed by atoms with E-state index in [0.29, 0.717) is 5.69 Å². The fraction of sp³-hybridized carbons (Fsp3) is 0.214. The van der Waals surface area contributed by atoms with Gasteiger partial charge >= 0.3 is 0 Å². The Kier molecular flexibility index (Phi) is 4.04. The van der Waals surface area contributed by atoms with E-state index in [4.69, 9.17) is 5.73 Å². The average molecular weight is 324 g/mol. The quantitative estimate of drug-likeness (QED) is 0.927. The lowest BCUT2D eigenvalue weighted by atomic mass is 10.2. The lowest BCUT2D eigenvalue weighted by Gasteiger charge is -2.24. The molecular weight excluding hydrogens is 309 g/mol. The van der Waals surface area contributed by atoms with Crippen molar-refractivity contribution in [2.75, 3.05) is 17.2 Å². The topological polar surface area (TPSA) is 42.2 Å². The van der Waals surface area contributed by atoms with Gasteiger partial charge in [0, 0.05) is 12.2 Å². The molecule has 0 atom stereocenters. The molecule has 0 fully saturated rings. The molecule has 5 heteroatoms. The number of hydrogen-bond donors (Lipinski definition) is 1. The monoisotopic (exact) mass is 323 g/mol. The Labute approximate surface area is 120 Å². The van der Waals surface area contributed by atoms with Crippen LogP contribution in [0.2, 0.25) is 0 Å². The first-order chi connectivity index (χ1) is 9.04. The molecule has 0 spiro atoms. The number of nitrogens with two attached hydrogens (primary N) is 1. The number of nitrogens with zero attached hydrogens (tertiary/aromatic N) is 2. The van der Waals surface area contributed by atoms with E-state index in [9.17, 15) is 4.39 Å². The standard InChI is InChI=1S/C14H15BrFN3/c1-3-19(11-6-4-10(16)5-7-11)14-13(15)9(2)12(17)8-18-14/h4-8H,3,17H2,1-2H3. The van der Waals surface area contributed by atoms with Crippen LogP contribution in [-0.2, 0) is 0 Å². The molecular formula is C14H15BrFN3. The van der Waals surface area contributed by atoms with Crippen LogP contribution in [-0.4, -0.2) is 11.5 Å². The number of pyridine rings is 1. The van der Waals surface area contributed by atoms with E-state index >= 15 is 0 Å². The Bertz CT molecular complexity index is 584. The largest absolute Gasteiger partial charge is 0.397 e. The van der Waals surface area contributed by atoms with E-state index in [2.05, 4.69) is 20.9 Å². The maximum atomic E-state index is 13.0. The van der Waals surface area contributed by atoms with Crippen LogP contribution in [0.1, 0.15) is 12.5 Å². The van der Waals surface area contributed by atoms with Crippen molar-refractivity contribution < 1.29 is 4.39 Å². The van der Waals surface area contributed by atoms with Crippen molar-refractivity contribution in [2.24, 2.45) is 0 Å². The van der Waals surface area contributed by atoms with Crippen molar-refractivity contribution in [3.8, 4) is 0 Å². The van der Waals surface area contributed by atoms with Gasteiger partial charge in [-0.25, -0.2) is 9.37 Å². The molecule has 0 aliphatic rings. The molecule has 0 aliphatic carbocycles. The Hall–Kier alpha value is -1.62. The highest BCUT2D eigenvalue weighted by Gasteiger charge is 2.15. The summed E-state index contributed by atoms with van der Waals surface area (Å²) in [7, 11) is 0. The Morgan fingerprint density at radius 3 is 2.53 bits per heavy atom. The third-order valence-electron chi connectivity index (χ3n) is 2.99. The highest BCUT2D eigenvalue weighted by molar-refractivity contribution is 9.10. The second kappa shape index (κ2) is 5.57. The summed E-state index contributed by atoms with van der Waals surface area (Å²) in [5.74, 6) is 0.529. The molecule has 2 rings (SSSR count). The van der Waals surface area contributed by atoms with E-state index in [1.165, 1.54) is 12.1 Å². The first-order valence-electron chi connectivity index (χ1n) is 5.98. The molecule has 3 nitrogen and oxygen atoms in total. The molecule has 0 radical (unpaired) electrons. The van der Waals surface area contributed by atoms with E-state index in [1.54, 1.807) is 18.3 Å². The van der Waals surface area contributed by atoms with Gasteiger partial charge in [0.05, 0.1) is 16.4 Å². The van der Waals surface area contributed by atoms with Crippen molar-refractivity contribution in [1.82, 2.24) is 4.98 Å². The van der Waals surface area contributed by atoms with Crippen molar-refractivity contribution >= 4 is 33.1 Å². The Morgan fingerprint density at radius 2 is 1.95 bits per heavy atom. The molecule has 0 saturated heterocycles. The normalized spacial score (nSPS) is 10.5. The van der Waals surface area contributed by atoms with E-state index < -0.39 is 0 Å². The summed E-state index contributed by atoms with van der Waals surface area (Å²) in [4.78, 5) is 6.36. The molecule has 0 amide bonds. The van der Waals surface area contributed by atoms with Crippen LogP contribution in [0.4, 0.5) is 21.6 Å². The minimum atomic E-state index is -0.250. The number of halogens is 2. The third kappa shape index (κ3) is 2.71. The van der Waals surface area contributed by atoms with Crippen LogP contribution in [0.15, 0.2) is 34.9 Å². The van der Waals surface area contributed by atoms with Gasteiger partial charge in [0.2, 0.25) is 0 Å². The van der Waals surface area contributed by atoms with Crippen molar-refractivity contribution in [1.29, 1.82) is 0 Å². The number of rotatable bonds is 3. The molecule has 0 saturated carbocycles. The summed E-state index contributed by atoms with van der Waals surface area (Å²) in [5.41, 5.74) is 8.31. The molecule has 0 bridgehead atoms. The van der Waals surface area contributed by atoms with Crippen molar-refractivity contribution in [3.05, 3.63) is 46.3 Å². The molecule has 100 valence electrons. The molecule has 0 unspecified atom stereocenters. The zero-order valence-corrected chi connectivity index (χ0v) is 12.4. The molecule has 1 aromatic carbocycles. The number of anilines is 3. The zero-order valence-electron chi connectivity index (χ0n) is 10.8. The minimum Gasteiger partial charge on any atom is -0.397 e. The maximum Gasteiger partial charge on any atom is 0.147 e. The number of hydrogen-bond acceptors (Lipinski definition) is 3. The molecule has 2 N–H and O–H groups in total. The van der Waals surface area contributed by atoms with Gasteiger partial charge in [0.1, 0.15) is 11.6 Å². The van der Waals surface area contributed by atoms with Gasteiger partial charge < -0.3 is 10.6 Å². The molecule has 1 aromatic heterocycles. The number of benzene rings is 1. The van der Waals surface area contributed by atoms with Gasteiger partial charge in [0.25, 0.3) is 0 Å². The van der Waals surface area contributed by atoms with Crippen LogP contribution >= 0.6 is 15.9 Å². The predicted molar refractivity (Wildman–Crippen MR) is 80.2 cm³/mol. The lowest BCUT2D eigenvalue weighted by molar-refractivity contribution is 0.628. The van der Waals surface area contributed by atoms with Gasteiger partial charge in [-0.15, -0.1) is 0 Å². The van der Waals surface area contributed by atoms with Crippen LogP contribution in [0.5, 0.6) is 0 Å². The smallest absolute Gasteiger partial charge is 0.147 e. The Balaban J connectivity index is 2.48. The maximum absolute atomic E-state index is 13.0. The van der Waals surface area contributed by atoms with Crippen LogP contribution in [0.3, 0.4) is 0 Å². The summed E-state index contributed by atoms with van der Waals surface area (Å²) < 4.78 is 13.9. The van der Waals surface area contributed by atoms with Crippen molar-refractivity contribution in [2.45, 2.75) is 13.8 Å². The number of aromatic nitrogens is 1. The fourth-order valence-corrected chi connectivity index (χ4v) is 2.39. The summed E-state index contributed by atoms with van der Waals surface area (Å²) in [6.45, 7) is 4.67. The van der Waals surface area contributed by atoms with E-state index in [1.807, 2.05) is 18.7 Å². The van der Waals surface area contributed by atoms with Crippen LogP contribution in [0.25, 0.3) is 0 Å². The first-order valence-corrected chi connectivity index (χ1v) is 6.77. The highest BCUT2D eigenvalue weighted by atomic mass is 79.9. The third-order valence-corrected chi connectivity index (χ3v) is 3.94. The molecule has 1 heterocycles. The van der Waals surface area contributed by atoms with Gasteiger partial charge in [0.15, 0.2) is 0 Å². The van der Waals surface area contributed by atoms with Gasteiger partial charge in [-0.3, -0.25) is 0 Å². The van der Waals surface area contributed by atoms with E-state index in [-0.39, 0.29) is 5.82 Å². The van der Waals surface area contributed by atoms with E-state index in [0.717, 1.165) is 28.1 Å². The van der Waals surface area contributed by atoms with Crippen LogP contribution < -0.4 is 10.6 Å². The minimum absolute atomic E-state index is 0.250. The fourth-order valence-electron chi connectivity index (χ4n) is 1.84. The van der Waals surface area contributed by atoms with Gasteiger partial charge in [-0.2, -0.15) is 0 Å². The molecule has 19 heavy (non-hydrogen) atoms. The predicted octanol–water partition coefficient (Wildman–Crippen LogP) is 4.03. The molecule has 2 aromatic rings. The van der Waals surface area contributed by atoms with Crippen molar-refractivity contribution in [3.63, 3.8) is 0 Å². The van der Waals surface area contributed by atoms with Gasteiger partial charge in [-0.05, 0) is 59.6 Å². The lowest BCUT2D eigenvalue weighted by Crippen LogP contribution is -2.18. The summed E-state index contributed by atoms with van der Waals surface area (Å²) in [6, 6.07) is 6.35. The van der Waals surface area contributed by atoms with Gasteiger partial charge in [-0.1, -0.05) is 0 Å². The zero-order chi connectivity index (χ0) is 14.0. The second-order valence-electron chi connectivity index (χ2n) is 4.20. The summed E-state index contributed by atoms with van der Waals surface area (Å²) in [5, 5.41) is 0. The molecule has 0 aliphatic heterocycles. The second-order valence-corrected chi connectivity index (χ2v) is 4.99. The summed E-state index contributed by atoms with van der Waals surface area (Å²) >= 11 is 3.53. The first kappa shape index (κ1) is 13.8. The summed E-state index contributed by atoms with van der Waals surface area (Å²) in [6.07, 6.45) is 1.64. The highest BCUT2D eigenvalue weighted by Crippen LogP contribution is 2.34. The Morgan fingerprint density at radius 1 is 1.32 bits per heavy atom. The van der Waals surface area contributed by atoms with Crippen LogP contribution in [0, 0.1) is 12.7 Å². The SMILES string of the molecule is CCN(c1ccc(F)cc1)c1ncc(N)c(C)c1Br. The average Bonchev–Trinajstić information content (AvgIpc) is 2.41. The number of nitrogen functional groups attached to an aromatic ring is 1.